The lowest BCUT2D eigenvalue weighted by molar-refractivity contribution is -0.143. The van der Waals surface area contributed by atoms with Crippen molar-refractivity contribution in [3.8, 4) is 5.75 Å². The first-order valence-electron chi connectivity index (χ1n) is 39.5. The third-order valence-electron chi connectivity index (χ3n) is 18.4. The molecular formula is C74H123N23O25. The number of amides is 17. The first kappa shape index (κ1) is 108. The zero-order valence-electron chi connectivity index (χ0n) is 69.5. The number of guanidine groups is 1. The van der Waals surface area contributed by atoms with Crippen LogP contribution >= 0.6 is 0 Å². The number of carbonyl (C=O) groups excluding carboxylic acids is 17. The van der Waals surface area contributed by atoms with Gasteiger partial charge < -0.3 is 145 Å². The molecule has 0 spiro atoms. The number of aromatic hydroxyl groups is 1. The molecule has 1 rings (SSSR count). The minimum absolute atomic E-state index is 0.00195. The predicted octanol–water partition coefficient (Wildman–Crippen LogP) is -9.73. The van der Waals surface area contributed by atoms with Gasteiger partial charge in [-0.1, -0.05) is 60.1 Å². The van der Waals surface area contributed by atoms with Crippen LogP contribution in [0.1, 0.15) is 157 Å². The molecule has 0 heterocycles. The molecule has 0 fully saturated rings. The highest BCUT2D eigenvalue weighted by Crippen LogP contribution is 2.17. The fourth-order valence-corrected chi connectivity index (χ4v) is 11.4. The predicted molar refractivity (Wildman–Crippen MR) is 432 cm³/mol. The number of phenolic OH excluding ortho intramolecular Hbond substituents is 1. The van der Waals surface area contributed by atoms with Crippen LogP contribution in [-0.2, 0) is 102 Å². The van der Waals surface area contributed by atoms with Gasteiger partial charge in [0.25, 0.3) is 0 Å². The monoisotopic (exact) mass is 1730 g/mol. The molecule has 1 aromatic carbocycles. The molecule has 684 valence electrons. The van der Waals surface area contributed by atoms with Gasteiger partial charge in [-0.05, 0) is 127 Å². The largest absolute Gasteiger partial charge is 0.508 e. The van der Waals surface area contributed by atoms with Gasteiger partial charge in [0, 0.05) is 19.4 Å². The Morgan fingerprint density at radius 3 is 1.25 bits per heavy atom. The average Bonchev–Trinajstić information content (AvgIpc) is 0.849. The zero-order chi connectivity index (χ0) is 92.8. The summed E-state index contributed by atoms with van der Waals surface area (Å²) in [5.74, 6) is -26.3. The van der Waals surface area contributed by atoms with Crippen LogP contribution < -0.4 is 119 Å². The lowest BCUT2D eigenvalue weighted by Crippen LogP contribution is -2.62. The van der Waals surface area contributed by atoms with Crippen LogP contribution in [0.2, 0.25) is 0 Å². The number of phenols is 1. The topological polar surface area (TPSA) is 815 Å². The molecular weight excluding hydrogens is 1610 g/mol. The van der Waals surface area contributed by atoms with Crippen LogP contribution in [0.5, 0.6) is 5.75 Å². The quantitative estimate of drug-likeness (QED) is 0.0164. The SMILES string of the molecule is CC[C@H](C)[C@H](NC(=O)[C@H](CCCNC(=N)N)NC(=O)[C@H](CO)NC(=O)[C@H](CC(N)=O)NC(=O)[C@H](CC(N)=O)NC(=O)[C@H](CCCCN)NC(=O)[C@H](CCC(=O)O)NC(=O)[C@@H](NC(=O)[C@H](CC(=O)O)NC(=O)[C@H](Cc1ccc(O)cc1)NC(=O)CNC(=O)CNC(=O)[C@H](C)NC(=O)[C@H](C)N)C(C)C)C(=O)N[C@@H](CCCCN)C(=O)N[C@@H](CC(C)C)C(=O)O. The van der Waals surface area contributed by atoms with E-state index in [1.165, 1.54) is 52.0 Å². The van der Waals surface area contributed by atoms with Crippen molar-refractivity contribution in [1.29, 1.82) is 5.41 Å². The number of hydrogen-bond acceptors (Lipinski definition) is 26. The molecule has 0 bridgehead atoms. The number of carbonyl (C=O) groups is 20. The lowest BCUT2D eigenvalue weighted by atomic mass is 9.96. The third kappa shape index (κ3) is 42.5. The molecule has 0 aromatic heterocycles. The van der Waals surface area contributed by atoms with E-state index in [0.29, 0.717) is 12.8 Å². The van der Waals surface area contributed by atoms with E-state index in [9.17, 15) is 121 Å². The van der Waals surface area contributed by atoms with Gasteiger partial charge >= 0.3 is 17.9 Å². The minimum Gasteiger partial charge on any atom is -0.508 e. The molecule has 0 aliphatic heterocycles. The van der Waals surface area contributed by atoms with E-state index in [4.69, 9.17) is 39.8 Å². The Morgan fingerprint density at radius 1 is 0.410 bits per heavy atom. The van der Waals surface area contributed by atoms with E-state index < -0.39 is 279 Å². The summed E-state index contributed by atoms with van der Waals surface area (Å²) in [6.45, 7) is 9.56. The number of rotatable bonds is 60. The number of primary amides is 2. The Kier molecular flexibility index (Phi) is 49.5. The van der Waals surface area contributed by atoms with E-state index in [2.05, 4.69) is 85.1 Å². The molecule has 0 radical (unpaired) electrons. The van der Waals surface area contributed by atoms with Crippen molar-refractivity contribution in [2.24, 2.45) is 52.2 Å². The summed E-state index contributed by atoms with van der Waals surface area (Å²) < 4.78 is 0. The Bertz CT molecular complexity index is 3780. The van der Waals surface area contributed by atoms with E-state index in [1.54, 1.807) is 27.7 Å². The summed E-state index contributed by atoms with van der Waals surface area (Å²) in [5.41, 5.74) is 33.6. The number of nitrogens with one attached hydrogen (secondary N) is 17. The Balaban J connectivity index is 3.67. The summed E-state index contributed by atoms with van der Waals surface area (Å²) in [5, 5.41) is 95.0. The van der Waals surface area contributed by atoms with Crippen molar-refractivity contribution >= 4 is 124 Å². The van der Waals surface area contributed by atoms with E-state index in [0.717, 1.165) is 0 Å². The molecule has 34 N–H and O–H groups in total. The summed E-state index contributed by atoms with van der Waals surface area (Å²) in [6, 6.07) is -18.2. The number of aliphatic hydroxyl groups excluding tert-OH is 1. The van der Waals surface area contributed by atoms with Gasteiger partial charge in [-0.15, -0.1) is 0 Å². The maximum absolute atomic E-state index is 14.4. The summed E-state index contributed by atoms with van der Waals surface area (Å²) in [4.78, 5) is 268. The van der Waals surface area contributed by atoms with Crippen molar-refractivity contribution in [3.05, 3.63) is 29.8 Å². The van der Waals surface area contributed by atoms with Crippen molar-refractivity contribution in [3.63, 3.8) is 0 Å². The maximum Gasteiger partial charge on any atom is 0.326 e. The van der Waals surface area contributed by atoms with E-state index >= 15 is 0 Å². The highest BCUT2D eigenvalue weighted by atomic mass is 16.4. The summed E-state index contributed by atoms with van der Waals surface area (Å²) in [7, 11) is 0. The molecule has 1 aromatic rings. The number of carboxylic acid groups (broad SMARTS) is 3. The van der Waals surface area contributed by atoms with Crippen LogP contribution in [0.3, 0.4) is 0 Å². The maximum atomic E-state index is 14.4. The van der Waals surface area contributed by atoms with Crippen molar-refractivity contribution in [2.75, 3.05) is 39.3 Å². The van der Waals surface area contributed by atoms with Crippen LogP contribution in [0.15, 0.2) is 24.3 Å². The Labute approximate surface area is 703 Å². The number of nitrogens with two attached hydrogens (primary N) is 6. The highest BCUT2D eigenvalue weighted by Gasteiger charge is 2.40. The number of unbranched alkanes of at least 4 members (excludes halogenated alkanes) is 2. The van der Waals surface area contributed by atoms with E-state index in [1.807, 2.05) is 0 Å². The molecule has 0 aliphatic rings. The first-order chi connectivity index (χ1) is 57.2. The molecule has 0 unspecified atom stereocenters. The molecule has 15 atom stereocenters. The van der Waals surface area contributed by atoms with Gasteiger partial charge in [-0.2, -0.15) is 0 Å². The minimum atomic E-state index is -2.13. The van der Waals surface area contributed by atoms with Crippen LogP contribution in [0.4, 0.5) is 0 Å². The van der Waals surface area contributed by atoms with Crippen molar-refractivity contribution < 1.29 is 121 Å². The molecule has 0 saturated heterocycles. The standard InChI is InChI=1S/C74H123N23O25/c1-9-37(6)59(72(120)89-43(16-11-13-25-76)63(111)94-50(73(121)122)27-35(2)3)97-65(113)44(17-14-26-82-74(80)81)88-70(118)51(34-98)95-68(116)48(30-53(79)101)92-67(115)47(29-52(78)100)91-62(110)42(15-10-12-24-75)87-64(112)45(22-23-56(104)105)90-71(119)58(36(4)5)96-69(117)49(31-57(106)107)93-66(114)46(28-40-18-20-41(99)21-19-40)86-55(103)33-83-54(102)32-84-61(109)39(8)85-60(108)38(7)77/h18-21,35-39,42-51,58-59,98-99H,9-17,22-34,75-77H2,1-8H3,(H2,78,100)(H2,79,101)(H,83,102)(H,84,109)(H,85,108)(H,86,103)(H,87,112)(H,88,118)(H,89,120)(H,90,119)(H,91,110)(H,92,115)(H,93,114)(H,94,111)(H,95,116)(H,96,117)(H,97,113)(H,104,105)(H,106,107)(H,121,122)(H4,80,81,82)/t37-,38-,39-,42-,43-,44-,45-,46-,47-,48-,49-,50-,51-,58-,59-/m0/s1. The molecule has 48 heteroatoms. The summed E-state index contributed by atoms with van der Waals surface area (Å²) in [6.07, 6.45) is -4.84. The van der Waals surface area contributed by atoms with Gasteiger partial charge in [0.15, 0.2) is 5.96 Å². The molecule has 0 aliphatic carbocycles. The molecule has 48 nitrogen and oxygen atoms in total. The molecule has 122 heavy (non-hydrogen) atoms. The van der Waals surface area contributed by atoms with Crippen molar-refractivity contribution in [1.82, 2.24) is 85.1 Å². The second-order valence-corrected chi connectivity index (χ2v) is 29.7. The number of carboxylic acids is 3. The van der Waals surface area contributed by atoms with Gasteiger partial charge in [-0.25, -0.2) is 4.79 Å². The highest BCUT2D eigenvalue weighted by molar-refractivity contribution is 6.02. The Morgan fingerprint density at radius 2 is 0.811 bits per heavy atom. The fourth-order valence-electron chi connectivity index (χ4n) is 11.4. The normalized spacial score (nSPS) is 14.7. The van der Waals surface area contributed by atoms with Gasteiger partial charge in [-0.3, -0.25) is 96.5 Å². The second kappa shape index (κ2) is 56.1. The second-order valence-electron chi connectivity index (χ2n) is 29.7. The van der Waals surface area contributed by atoms with Gasteiger partial charge in [0.05, 0.1) is 45.0 Å². The number of benzene rings is 1. The first-order valence-corrected chi connectivity index (χ1v) is 39.5. The number of hydrogen-bond donors (Lipinski definition) is 28. The van der Waals surface area contributed by atoms with Crippen LogP contribution in [0.25, 0.3) is 0 Å². The molecule has 17 amide bonds. The van der Waals surface area contributed by atoms with E-state index in [-0.39, 0.29) is 88.2 Å². The van der Waals surface area contributed by atoms with Crippen LogP contribution in [0, 0.1) is 23.2 Å². The molecule has 0 saturated carbocycles. The average molecular weight is 1730 g/mol. The van der Waals surface area contributed by atoms with Gasteiger partial charge in [0.2, 0.25) is 100 Å². The fraction of sp³-hybridized carbons (Fsp3) is 0.635. The smallest absolute Gasteiger partial charge is 0.326 e. The van der Waals surface area contributed by atoms with Gasteiger partial charge in [0.1, 0.15) is 84.3 Å². The Hall–Kier alpha value is -12.5. The van der Waals surface area contributed by atoms with Crippen LogP contribution in [-0.4, -0.2) is 274 Å². The zero-order valence-corrected chi connectivity index (χ0v) is 69.5. The van der Waals surface area contributed by atoms with Crippen molar-refractivity contribution in [2.45, 2.75) is 243 Å². The third-order valence-corrected chi connectivity index (χ3v) is 18.4. The number of aliphatic hydroxyl groups is 1. The summed E-state index contributed by atoms with van der Waals surface area (Å²) >= 11 is 0. The lowest BCUT2D eigenvalue weighted by Gasteiger charge is -2.29. The number of aliphatic carboxylic acids is 3.